The largest absolute Gasteiger partial charge is 0.399 e. The maximum atomic E-state index is 13.6. The van der Waals surface area contributed by atoms with Crippen LogP contribution in [0.1, 0.15) is 19.4 Å². The van der Waals surface area contributed by atoms with E-state index >= 15 is 0 Å². The number of nitrogens with zero attached hydrogens (tertiary/aromatic N) is 1. The van der Waals surface area contributed by atoms with Crippen LogP contribution in [0.2, 0.25) is 0 Å². The second-order valence-electron chi connectivity index (χ2n) is 3.36. The predicted molar refractivity (Wildman–Crippen MR) is 62.8 cm³/mol. The van der Waals surface area contributed by atoms with Gasteiger partial charge in [-0.05, 0) is 32.0 Å². The minimum atomic E-state index is -0.313. The van der Waals surface area contributed by atoms with Crippen molar-refractivity contribution < 1.29 is 4.39 Å². The molecular formula is C12H17FN2. The van der Waals surface area contributed by atoms with Gasteiger partial charge in [-0.1, -0.05) is 6.58 Å². The number of hydrogen-bond donors (Lipinski definition) is 1. The van der Waals surface area contributed by atoms with Crippen molar-refractivity contribution in [3.8, 4) is 0 Å². The van der Waals surface area contributed by atoms with Crippen LogP contribution in [0.3, 0.4) is 0 Å². The Kier molecular flexibility index (Phi) is 3.72. The van der Waals surface area contributed by atoms with Gasteiger partial charge in [-0.25, -0.2) is 4.39 Å². The van der Waals surface area contributed by atoms with Gasteiger partial charge in [0.05, 0.1) is 0 Å². The van der Waals surface area contributed by atoms with Crippen molar-refractivity contribution in [1.82, 2.24) is 4.90 Å². The van der Waals surface area contributed by atoms with Gasteiger partial charge in [0.1, 0.15) is 5.82 Å². The summed E-state index contributed by atoms with van der Waals surface area (Å²) in [5.74, 6) is -0.313. The Labute approximate surface area is 90.2 Å². The zero-order chi connectivity index (χ0) is 11.4. The zero-order valence-electron chi connectivity index (χ0n) is 9.26. The molecule has 2 nitrogen and oxygen atoms in total. The summed E-state index contributed by atoms with van der Waals surface area (Å²) in [4.78, 5) is 2.01. The summed E-state index contributed by atoms with van der Waals surface area (Å²) in [5.41, 5.74) is 7.15. The molecule has 0 saturated heterocycles. The van der Waals surface area contributed by atoms with Gasteiger partial charge in [0.2, 0.25) is 0 Å². The van der Waals surface area contributed by atoms with E-state index in [1.165, 1.54) is 6.07 Å². The normalized spacial score (nSPS) is 10.1. The molecule has 0 unspecified atom stereocenters. The van der Waals surface area contributed by atoms with Crippen LogP contribution in [0, 0.1) is 5.82 Å². The van der Waals surface area contributed by atoms with E-state index in [-0.39, 0.29) is 5.82 Å². The van der Waals surface area contributed by atoms with E-state index in [0.717, 1.165) is 13.1 Å². The smallest absolute Gasteiger partial charge is 0.134 e. The number of halogens is 1. The van der Waals surface area contributed by atoms with Gasteiger partial charge in [-0.2, -0.15) is 0 Å². The van der Waals surface area contributed by atoms with Crippen LogP contribution in [0.4, 0.5) is 10.1 Å². The summed E-state index contributed by atoms with van der Waals surface area (Å²) in [5, 5.41) is 0. The molecular weight excluding hydrogens is 191 g/mol. The summed E-state index contributed by atoms with van der Waals surface area (Å²) >= 11 is 0. The Morgan fingerprint density at radius 3 is 2.47 bits per heavy atom. The topological polar surface area (TPSA) is 29.3 Å². The first-order chi connectivity index (χ1) is 7.10. The first-order valence-corrected chi connectivity index (χ1v) is 5.09. The number of nitrogen functional groups attached to an aromatic ring is 1. The van der Waals surface area contributed by atoms with Crippen molar-refractivity contribution in [2.45, 2.75) is 13.8 Å². The second kappa shape index (κ2) is 4.82. The number of nitrogens with two attached hydrogens (primary N) is 1. The summed E-state index contributed by atoms with van der Waals surface area (Å²) < 4.78 is 13.6. The van der Waals surface area contributed by atoms with Crippen molar-refractivity contribution in [1.29, 1.82) is 0 Å². The molecule has 1 aromatic rings. The van der Waals surface area contributed by atoms with Crippen molar-refractivity contribution in [2.75, 3.05) is 18.8 Å². The quantitative estimate of drug-likeness (QED) is 0.771. The van der Waals surface area contributed by atoms with E-state index in [2.05, 4.69) is 6.58 Å². The highest BCUT2D eigenvalue weighted by Crippen LogP contribution is 2.21. The maximum Gasteiger partial charge on any atom is 0.134 e. The summed E-state index contributed by atoms with van der Waals surface area (Å²) in [6.07, 6.45) is 0. The SMILES string of the molecule is C=C(c1ccc(N)cc1F)N(CC)CC. The Balaban J connectivity index is 3.00. The van der Waals surface area contributed by atoms with Crippen molar-refractivity contribution in [2.24, 2.45) is 0 Å². The third-order valence-electron chi connectivity index (χ3n) is 2.45. The highest BCUT2D eigenvalue weighted by Gasteiger charge is 2.10. The average molecular weight is 208 g/mol. The fraction of sp³-hybridized carbons (Fsp3) is 0.333. The molecule has 0 aliphatic heterocycles. The van der Waals surface area contributed by atoms with Crippen LogP contribution in [-0.4, -0.2) is 18.0 Å². The molecule has 0 fully saturated rings. The van der Waals surface area contributed by atoms with Crippen LogP contribution in [-0.2, 0) is 0 Å². The van der Waals surface area contributed by atoms with Crippen LogP contribution in [0.15, 0.2) is 24.8 Å². The van der Waals surface area contributed by atoms with E-state index in [4.69, 9.17) is 5.73 Å². The van der Waals surface area contributed by atoms with E-state index in [9.17, 15) is 4.39 Å². The molecule has 0 heterocycles. The molecule has 0 saturated carbocycles. The summed E-state index contributed by atoms with van der Waals surface area (Å²) in [7, 11) is 0. The predicted octanol–water partition coefficient (Wildman–Crippen LogP) is 2.72. The first kappa shape index (κ1) is 11.6. The molecule has 0 atom stereocenters. The maximum absolute atomic E-state index is 13.6. The molecule has 3 heteroatoms. The van der Waals surface area contributed by atoms with Gasteiger partial charge >= 0.3 is 0 Å². The third-order valence-corrected chi connectivity index (χ3v) is 2.45. The molecule has 0 aromatic heterocycles. The van der Waals surface area contributed by atoms with E-state index in [1.54, 1.807) is 12.1 Å². The molecule has 1 rings (SSSR count). The standard InChI is InChI=1S/C12H17FN2/c1-4-15(5-2)9(3)11-7-6-10(14)8-12(11)13/h6-8H,3-5,14H2,1-2H3. The van der Waals surface area contributed by atoms with Gasteiger partial charge < -0.3 is 10.6 Å². The first-order valence-electron chi connectivity index (χ1n) is 5.09. The van der Waals surface area contributed by atoms with E-state index in [0.29, 0.717) is 16.9 Å². The molecule has 0 radical (unpaired) electrons. The monoisotopic (exact) mass is 208 g/mol. The average Bonchev–Trinajstić information content (AvgIpc) is 2.19. The van der Waals surface area contributed by atoms with Crippen LogP contribution in [0.5, 0.6) is 0 Å². The molecule has 0 bridgehead atoms. The lowest BCUT2D eigenvalue weighted by atomic mass is 10.1. The summed E-state index contributed by atoms with van der Waals surface area (Å²) in [6, 6.07) is 4.68. The lowest BCUT2D eigenvalue weighted by Gasteiger charge is -2.23. The van der Waals surface area contributed by atoms with Crippen LogP contribution < -0.4 is 5.73 Å². The molecule has 0 amide bonds. The molecule has 2 N–H and O–H groups in total. The van der Waals surface area contributed by atoms with E-state index < -0.39 is 0 Å². The number of benzene rings is 1. The molecule has 15 heavy (non-hydrogen) atoms. The lowest BCUT2D eigenvalue weighted by molar-refractivity contribution is 0.439. The minimum Gasteiger partial charge on any atom is -0.399 e. The lowest BCUT2D eigenvalue weighted by Crippen LogP contribution is -2.21. The van der Waals surface area contributed by atoms with Crippen molar-refractivity contribution in [3.63, 3.8) is 0 Å². The van der Waals surface area contributed by atoms with Crippen molar-refractivity contribution >= 4 is 11.4 Å². The van der Waals surface area contributed by atoms with Gasteiger partial charge in [-0.3, -0.25) is 0 Å². The molecule has 0 spiro atoms. The Bertz CT molecular complexity index is 357. The van der Waals surface area contributed by atoms with Gasteiger partial charge in [0.15, 0.2) is 0 Å². The summed E-state index contributed by atoms with van der Waals surface area (Å²) in [6.45, 7) is 9.58. The Morgan fingerprint density at radius 2 is 2.00 bits per heavy atom. The highest BCUT2D eigenvalue weighted by molar-refractivity contribution is 5.64. The molecule has 0 aliphatic rings. The van der Waals surface area contributed by atoms with Crippen LogP contribution >= 0.6 is 0 Å². The number of rotatable bonds is 4. The fourth-order valence-corrected chi connectivity index (χ4v) is 1.54. The molecule has 0 aliphatic carbocycles. The Hall–Kier alpha value is -1.51. The Morgan fingerprint density at radius 1 is 1.40 bits per heavy atom. The minimum absolute atomic E-state index is 0.313. The van der Waals surface area contributed by atoms with Crippen LogP contribution in [0.25, 0.3) is 5.70 Å². The molecule has 82 valence electrons. The second-order valence-corrected chi connectivity index (χ2v) is 3.36. The number of hydrogen-bond acceptors (Lipinski definition) is 2. The van der Waals surface area contributed by atoms with Crippen molar-refractivity contribution in [3.05, 3.63) is 36.2 Å². The van der Waals surface area contributed by atoms with Gasteiger partial charge in [-0.15, -0.1) is 0 Å². The zero-order valence-corrected chi connectivity index (χ0v) is 9.26. The fourth-order valence-electron chi connectivity index (χ4n) is 1.54. The third kappa shape index (κ3) is 2.49. The molecule has 1 aromatic carbocycles. The van der Waals surface area contributed by atoms with Gasteiger partial charge in [0.25, 0.3) is 0 Å². The highest BCUT2D eigenvalue weighted by atomic mass is 19.1. The van der Waals surface area contributed by atoms with E-state index in [1.807, 2.05) is 18.7 Å². The van der Waals surface area contributed by atoms with Gasteiger partial charge in [0, 0.05) is 30.0 Å². The number of anilines is 1.